The van der Waals surface area contributed by atoms with Gasteiger partial charge in [-0.2, -0.15) is 15.3 Å². The van der Waals surface area contributed by atoms with E-state index in [0.29, 0.717) is 54.7 Å². The number of aryl methyl sites for hydroxylation is 1. The number of halogens is 1. The number of hydrogen-bond donors (Lipinski definition) is 3. The highest BCUT2D eigenvalue weighted by atomic mass is 19.1. The second-order valence-electron chi connectivity index (χ2n) is 12.9. The maximum atomic E-state index is 13.8. The SMILES string of the molecule is CO[C@]1(C(=O)NC(C)(C)c2cnc(-n3cc(F)cn3)cn2)CC[C@H](c2nc(Nc3cc(C)[nH]n3)c3cnn(CC4CC4)c3n2)CC1. The molecule has 1 amide bonds. The molecule has 46 heavy (non-hydrogen) atoms. The maximum Gasteiger partial charge on any atom is 0.252 e. The molecule has 240 valence electrons. The van der Waals surface area contributed by atoms with Gasteiger partial charge in [-0.15, -0.1) is 0 Å². The smallest absolute Gasteiger partial charge is 0.252 e. The number of hydrogen-bond acceptors (Lipinski definition) is 10. The van der Waals surface area contributed by atoms with E-state index < -0.39 is 17.0 Å². The van der Waals surface area contributed by atoms with Gasteiger partial charge in [-0.3, -0.25) is 14.9 Å². The van der Waals surface area contributed by atoms with Crippen molar-refractivity contribution in [2.75, 3.05) is 12.4 Å². The first-order valence-corrected chi connectivity index (χ1v) is 15.6. The second kappa shape index (κ2) is 11.5. The first-order chi connectivity index (χ1) is 22.1. The summed E-state index contributed by atoms with van der Waals surface area (Å²) in [5.74, 6) is 2.42. The fourth-order valence-electron chi connectivity index (χ4n) is 6.05. The van der Waals surface area contributed by atoms with Crippen molar-refractivity contribution in [3.05, 3.63) is 60.1 Å². The molecule has 0 saturated heterocycles. The van der Waals surface area contributed by atoms with E-state index in [0.717, 1.165) is 35.3 Å². The van der Waals surface area contributed by atoms with E-state index in [4.69, 9.17) is 14.7 Å². The summed E-state index contributed by atoms with van der Waals surface area (Å²) < 4.78 is 22.6. The van der Waals surface area contributed by atoms with Crippen LogP contribution in [0.25, 0.3) is 16.9 Å². The summed E-state index contributed by atoms with van der Waals surface area (Å²) >= 11 is 0. The van der Waals surface area contributed by atoms with E-state index in [1.165, 1.54) is 29.9 Å². The summed E-state index contributed by atoms with van der Waals surface area (Å²) in [6.45, 7) is 6.51. The minimum atomic E-state index is -1.01. The molecular formula is C31H37FN12O2. The van der Waals surface area contributed by atoms with Crippen LogP contribution in [0.5, 0.6) is 0 Å². The molecule has 0 atom stereocenters. The summed E-state index contributed by atoms with van der Waals surface area (Å²) in [6, 6.07) is 1.93. The van der Waals surface area contributed by atoms with Crippen molar-refractivity contribution in [3.63, 3.8) is 0 Å². The molecule has 5 heterocycles. The Hall–Kier alpha value is -4.79. The molecule has 2 aliphatic rings. The lowest BCUT2D eigenvalue weighted by Gasteiger charge is -2.39. The van der Waals surface area contributed by atoms with Crippen LogP contribution in [0.3, 0.4) is 0 Å². The highest BCUT2D eigenvalue weighted by Gasteiger charge is 2.45. The number of nitrogens with zero attached hydrogens (tertiary/aromatic N) is 9. The number of nitrogens with one attached hydrogen (secondary N) is 3. The number of rotatable bonds is 10. The first-order valence-electron chi connectivity index (χ1n) is 15.6. The van der Waals surface area contributed by atoms with Gasteiger partial charge in [0.15, 0.2) is 23.1 Å². The fourth-order valence-corrected chi connectivity index (χ4v) is 6.05. The Morgan fingerprint density at radius 3 is 2.54 bits per heavy atom. The average molecular weight is 629 g/mol. The van der Waals surface area contributed by atoms with Crippen LogP contribution < -0.4 is 10.6 Å². The highest BCUT2D eigenvalue weighted by Crippen LogP contribution is 2.41. The quantitative estimate of drug-likeness (QED) is 0.204. The predicted octanol–water partition coefficient (Wildman–Crippen LogP) is 4.22. The van der Waals surface area contributed by atoms with Crippen molar-refractivity contribution in [3.8, 4) is 5.82 Å². The zero-order valence-corrected chi connectivity index (χ0v) is 26.3. The van der Waals surface area contributed by atoms with Crippen molar-refractivity contribution < 1.29 is 13.9 Å². The van der Waals surface area contributed by atoms with Crippen LogP contribution in [0.2, 0.25) is 0 Å². The molecule has 2 fully saturated rings. The van der Waals surface area contributed by atoms with Gasteiger partial charge in [0, 0.05) is 31.3 Å². The van der Waals surface area contributed by atoms with E-state index in [1.807, 2.05) is 37.7 Å². The molecule has 5 aromatic rings. The molecule has 0 spiro atoms. The summed E-state index contributed by atoms with van der Waals surface area (Å²) in [4.78, 5) is 32.7. The number of aromatic nitrogens is 10. The number of anilines is 2. The molecule has 0 bridgehead atoms. The molecular weight excluding hydrogens is 591 g/mol. The minimum Gasteiger partial charge on any atom is -0.368 e. The third-order valence-corrected chi connectivity index (χ3v) is 9.05. The van der Waals surface area contributed by atoms with Gasteiger partial charge in [-0.25, -0.2) is 28.7 Å². The topological polar surface area (TPSA) is 166 Å². The van der Waals surface area contributed by atoms with E-state index in [2.05, 4.69) is 41.0 Å². The van der Waals surface area contributed by atoms with Gasteiger partial charge in [0.2, 0.25) is 0 Å². The van der Waals surface area contributed by atoms with Gasteiger partial charge in [0.1, 0.15) is 17.2 Å². The molecule has 7 rings (SSSR count). The molecule has 0 aliphatic heterocycles. The van der Waals surface area contributed by atoms with Crippen LogP contribution >= 0.6 is 0 Å². The van der Waals surface area contributed by atoms with Gasteiger partial charge in [0.25, 0.3) is 5.91 Å². The number of amides is 1. The Balaban J connectivity index is 1.08. The molecule has 15 heteroatoms. The van der Waals surface area contributed by atoms with Crippen molar-refractivity contribution >= 4 is 28.6 Å². The number of fused-ring (bicyclic) bond motifs is 1. The third-order valence-electron chi connectivity index (χ3n) is 9.05. The van der Waals surface area contributed by atoms with Crippen LogP contribution in [0.4, 0.5) is 16.0 Å². The fraction of sp³-hybridized carbons (Fsp3) is 0.484. The number of aromatic amines is 1. The Labute approximate surface area is 264 Å². The maximum absolute atomic E-state index is 13.8. The van der Waals surface area contributed by atoms with Crippen molar-refractivity contribution in [2.24, 2.45) is 5.92 Å². The minimum absolute atomic E-state index is 0.0322. The average Bonchev–Trinajstić information content (AvgIpc) is 3.37. The Bertz CT molecular complexity index is 1870. The lowest BCUT2D eigenvalue weighted by molar-refractivity contribution is -0.150. The molecule has 2 aliphatic carbocycles. The summed E-state index contributed by atoms with van der Waals surface area (Å²) in [6.07, 6.45) is 11.9. The lowest BCUT2D eigenvalue weighted by atomic mass is 9.77. The molecule has 0 radical (unpaired) electrons. The number of carbonyl (C=O) groups is 1. The standard InChI is InChI=1S/C31H37FN12O2/c1-18-11-24(42-41-18)37-27-22-13-36-44(16-19-5-6-19)28(22)39-26(38-27)20-7-9-31(46-4,10-8-20)29(45)40-30(2,3)23-14-34-25(15-33-23)43-17-21(32)12-35-43/h11-15,17,19-20H,5-10,16H2,1-4H3,(H,40,45)(H2,37,38,39,41,42)/t20-,31+. The molecule has 0 aromatic carbocycles. The van der Waals surface area contributed by atoms with Gasteiger partial charge < -0.3 is 15.4 Å². The zero-order valence-electron chi connectivity index (χ0n) is 26.3. The van der Waals surface area contributed by atoms with Crippen molar-refractivity contribution in [1.82, 2.24) is 55.0 Å². The number of ether oxygens (including phenoxy) is 1. The number of carbonyl (C=O) groups excluding carboxylic acids is 1. The summed E-state index contributed by atoms with van der Waals surface area (Å²) in [7, 11) is 1.58. The molecule has 0 unspecified atom stereocenters. The van der Waals surface area contributed by atoms with Crippen molar-refractivity contribution in [1.29, 1.82) is 0 Å². The van der Waals surface area contributed by atoms with Gasteiger partial charge >= 0.3 is 0 Å². The van der Waals surface area contributed by atoms with Gasteiger partial charge in [-0.05, 0) is 65.2 Å². The van der Waals surface area contributed by atoms with Crippen LogP contribution in [0, 0.1) is 18.7 Å². The van der Waals surface area contributed by atoms with Crippen molar-refractivity contribution in [2.45, 2.75) is 82.9 Å². The summed E-state index contributed by atoms with van der Waals surface area (Å²) in [5, 5.41) is 23.2. The Morgan fingerprint density at radius 1 is 1.11 bits per heavy atom. The van der Waals surface area contributed by atoms with Crippen LogP contribution in [-0.4, -0.2) is 68.3 Å². The third kappa shape index (κ3) is 5.82. The molecule has 5 aromatic heterocycles. The van der Waals surface area contributed by atoms with Crippen LogP contribution in [0.1, 0.15) is 75.5 Å². The normalized spacial score (nSPS) is 20.2. The van der Waals surface area contributed by atoms with E-state index in [9.17, 15) is 9.18 Å². The Morgan fingerprint density at radius 2 is 1.91 bits per heavy atom. The number of H-pyrrole nitrogens is 1. The van der Waals surface area contributed by atoms with Crippen LogP contribution in [-0.2, 0) is 21.6 Å². The highest BCUT2D eigenvalue weighted by molar-refractivity contribution is 5.88. The monoisotopic (exact) mass is 628 g/mol. The van der Waals surface area contributed by atoms with E-state index >= 15 is 0 Å². The number of methoxy groups -OCH3 is 1. The molecule has 14 nitrogen and oxygen atoms in total. The van der Waals surface area contributed by atoms with Crippen LogP contribution in [0.15, 0.2) is 37.1 Å². The largest absolute Gasteiger partial charge is 0.368 e. The van der Waals surface area contributed by atoms with E-state index in [-0.39, 0.29) is 11.8 Å². The Kier molecular flexibility index (Phi) is 7.50. The lowest BCUT2D eigenvalue weighted by Crippen LogP contribution is -2.55. The van der Waals surface area contributed by atoms with Gasteiger partial charge in [-0.1, -0.05) is 0 Å². The van der Waals surface area contributed by atoms with E-state index in [1.54, 1.807) is 13.3 Å². The van der Waals surface area contributed by atoms with Gasteiger partial charge in [0.05, 0.1) is 47.6 Å². The zero-order chi connectivity index (χ0) is 32.1. The predicted molar refractivity (Wildman–Crippen MR) is 166 cm³/mol. The summed E-state index contributed by atoms with van der Waals surface area (Å²) in [5.41, 5.74) is 0.434. The molecule has 3 N–H and O–H groups in total. The first kappa shape index (κ1) is 29.9. The second-order valence-corrected chi connectivity index (χ2v) is 12.9. The molecule has 2 saturated carbocycles.